The van der Waals surface area contributed by atoms with Gasteiger partial charge in [0.1, 0.15) is 0 Å². The lowest BCUT2D eigenvalue weighted by atomic mass is 10.1. The van der Waals surface area contributed by atoms with Crippen LogP contribution in [0.25, 0.3) is 10.8 Å². The van der Waals surface area contributed by atoms with Crippen molar-refractivity contribution < 1.29 is 4.48 Å². The molecule has 0 spiro atoms. The topological polar surface area (TPSA) is 81.1 Å². The lowest BCUT2D eigenvalue weighted by molar-refractivity contribution is -0.929. The molecule has 0 aliphatic rings. The van der Waals surface area contributed by atoms with Gasteiger partial charge in [-0.25, -0.2) is 0 Å². The summed E-state index contributed by atoms with van der Waals surface area (Å²) in [6.45, 7) is 15.2. The minimum absolute atomic E-state index is 0. The monoisotopic (exact) mass is 544 g/mol. The number of unbranched alkanes of at least 4 members (excludes halogenated alkanes) is 16. The minimum Gasteiger partial charge on any atom is -0.753 e. The number of hydrogen-bond donors (Lipinski definition) is 1. The summed E-state index contributed by atoms with van der Waals surface area (Å²) in [5, 5.41) is 16.9. The highest BCUT2D eigenvalue weighted by Gasteiger charge is 2.25. The van der Waals surface area contributed by atoms with Gasteiger partial charge in [-0.3, -0.25) is 0 Å². The van der Waals surface area contributed by atoms with Crippen molar-refractivity contribution in [1.29, 1.82) is 0 Å². The van der Waals surface area contributed by atoms with Crippen molar-refractivity contribution in [2.45, 2.75) is 156 Å². The predicted octanol–water partition coefficient (Wildman–Crippen LogP) is 11.4. The van der Waals surface area contributed by atoms with Crippen LogP contribution in [0.2, 0.25) is 0 Å². The lowest BCUT2D eigenvalue weighted by Crippen LogP contribution is -2.50. The van der Waals surface area contributed by atoms with Crippen LogP contribution in [-0.2, 0) is 0 Å². The van der Waals surface area contributed by atoms with Gasteiger partial charge >= 0.3 is 0 Å². The Morgan fingerprint density at radius 2 is 0.583 bits per heavy atom. The zero-order valence-electron chi connectivity index (χ0n) is 25.1. The molecule has 216 valence electrons. The van der Waals surface area contributed by atoms with Crippen LogP contribution >= 0.6 is 24.4 Å². The number of thiocarbonyl (C=S) groups is 2. The molecule has 0 saturated heterocycles. The van der Waals surface area contributed by atoms with E-state index in [-0.39, 0.29) is 6.15 Å². The van der Waals surface area contributed by atoms with Crippen LogP contribution in [0.3, 0.4) is 0 Å². The van der Waals surface area contributed by atoms with E-state index in [0.717, 1.165) is 0 Å². The molecule has 0 aromatic rings. The van der Waals surface area contributed by atoms with Gasteiger partial charge in [0.2, 0.25) is 0 Å². The molecule has 0 aliphatic heterocycles. The third-order valence-corrected chi connectivity index (χ3v) is 6.94. The second-order valence-electron chi connectivity index (χ2n) is 10.1. The third-order valence-electron chi connectivity index (χ3n) is 6.94. The molecule has 0 bridgehead atoms. The van der Waals surface area contributed by atoms with Crippen molar-refractivity contribution in [3.63, 3.8) is 0 Å². The molecule has 0 atom stereocenters. The Bertz CT molecular complexity index is 386. The molecule has 4 N–H and O–H groups in total. The van der Waals surface area contributed by atoms with Crippen molar-refractivity contribution in [2.75, 3.05) is 26.2 Å². The van der Waals surface area contributed by atoms with Gasteiger partial charge in [0, 0.05) is 0 Å². The Hall–Kier alpha value is -0.480. The van der Waals surface area contributed by atoms with Crippen molar-refractivity contribution in [1.82, 2.24) is 6.15 Å². The highest BCUT2D eigenvalue weighted by Crippen LogP contribution is 2.20. The van der Waals surface area contributed by atoms with Gasteiger partial charge in [0.05, 0.1) is 26.2 Å². The summed E-state index contributed by atoms with van der Waals surface area (Å²) in [5.74, 6) is 0. The Balaban J connectivity index is -0.000000659. The predicted molar refractivity (Wildman–Crippen MR) is 173 cm³/mol. The average molecular weight is 545 g/mol. The first-order chi connectivity index (χ1) is 17.1. The van der Waals surface area contributed by atoms with E-state index in [1.54, 1.807) is 0 Å². The summed E-state index contributed by atoms with van der Waals surface area (Å²) in [4.78, 5) is 0. The molecule has 0 saturated carbocycles. The Labute approximate surface area is 238 Å². The second kappa shape index (κ2) is 39.0. The lowest BCUT2D eigenvalue weighted by Gasteiger charge is -2.39. The molecule has 0 aromatic heterocycles. The first-order valence-electron chi connectivity index (χ1n) is 14.9. The van der Waals surface area contributed by atoms with E-state index in [0.29, 0.717) is 0 Å². The molecule has 0 radical (unpaired) electrons. The number of isothiocyanates is 2. The quantitative estimate of drug-likeness (QED) is 0.0567. The van der Waals surface area contributed by atoms with Gasteiger partial charge in [-0.2, -0.15) is 10.3 Å². The first kappa shape index (κ1) is 42.6. The molecule has 0 fully saturated rings. The van der Waals surface area contributed by atoms with Gasteiger partial charge in [-0.1, -0.05) is 129 Å². The summed E-state index contributed by atoms with van der Waals surface area (Å²) in [6.07, 6.45) is 28.8. The van der Waals surface area contributed by atoms with Gasteiger partial charge in [0.15, 0.2) is 0 Å². The molecule has 0 aromatic carbocycles. The van der Waals surface area contributed by atoms with E-state index in [9.17, 15) is 0 Å². The van der Waals surface area contributed by atoms with Crippen molar-refractivity contribution in [2.24, 2.45) is 0 Å². The molecule has 0 aliphatic carbocycles. The smallest absolute Gasteiger partial charge is 0.0786 e. The van der Waals surface area contributed by atoms with Crippen molar-refractivity contribution in [3.05, 3.63) is 10.8 Å². The molecular formula is C30H64N4S2. The fourth-order valence-corrected chi connectivity index (χ4v) is 4.87. The van der Waals surface area contributed by atoms with Crippen LogP contribution in [0.4, 0.5) is 0 Å². The molecule has 0 unspecified atom stereocenters. The summed E-state index contributed by atoms with van der Waals surface area (Å²) >= 11 is 7.40. The van der Waals surface area contributed by atoms with Crippen LogP contribution in [0.1, 0.15) is 156 Å². The maximum absolute atomic E-state index is 7.13. The molecule has 6 heteroatoms. The summed E-state index contributed by atoms with van der Waals surface area (Å²) in [6, 6.07) is 0. The minimum atomic E-state index is 0. The largest absolute Gasteiger partial charge is 0.753 e. The number of quaternary nitrogens is 2. The molecule has 36 heavy (non-hydrogen) atoms. The molecule has 0 heterocycles. The van der Waals surface area contributed by atoms with E-state index in [1.807, 2.05) is 0 Å². The molecule has 4 nitrogen and oxygen atoms in total. The van der Waals surface area contributed by atoms with E-state index >= 15 is 0 Å². The Morgan fingerprint density at radius 3 is 0.750 bits per heavy atom. The van der Waals surface area contributed by atoms with Gasteiger partial charge < -0.3 is 21.5 Å². The van der Waals surface area contributed by atoms with Crippen LogP contribution < -0.4 is 6.15 Å². The van der Waals surface area contributed by atoms with Crippen molar-refractivity contribution in [3.8, 4) is 0 Å². The third kappa shape index (κ3) is 35.7. The van der Waals surface area contributed by atoms with Gasteiger partial charge in [-0.05, 0) is 51.4 Å². The van der Waals surface area contributed by atoms with Crippen LogP contribution in [0.5, 0.6) is 0 Å². The highest BCUT2D eigenvalue weighted by molar-refractivity contribution is 7.78. The van der Waals surface area contributed by atoms with E-state index in [1.165, 1.54) is 169 Å². The molecule has 0 amide bonds. The van der Waals surface area contributed by atoms with E-state index in [4.69, 9.17) is 10.8 Å². The van der Waals surface area contributed by atoms with E-state index in [2.05, 4.69) is 52.1 Å². The SMILES string of the molecule is CCCCCCC[N+](CCCCCCC)(CCCCCCC)CCCCCCC.[N-]=C=S.[N-]=C=S.[NH4+]. The fourth-order valence-electron chi connectivity index (χ4n) is 4.87. The van der Waals surface area contributed by atoms with Crippen LogP contribution in [0.15, 0.2) is 0 Å². The summed E-state index contributed by atoms with van der Waals surface area (Å²) < 4.78 is 1.47. The number of rotatable bonds is 24. The van der Waals surface area contributed by atoms with Crippen LogP contribution in [-0.4, -0.2) is 41.0 Å². The Kier molecular flexibility index (Phi) is 46.2. The maximum atomic E-state index is 7.13. The van der Waals surface area contributed by atoms with Crippen molar-refractivity contribution >= 4 is 34.8 Å². The molecule has 0 rings (SSSR count). The normalized spacial score (nSPS) is 10.1. The zero-order chi connectivity index (χ0) is 26.9. The summed E-state index contributed by atoms with van der Waals surface area (Å²) in [5.41, 5.74) is 0. The average Bonchev–Trinajstić information content (AvgIpc) is 2.84. The van der Waals surface area contributed by atoms with Gasteiger partial charge in [-0.15, -0.1) is 0 Å². The maximum Gasteiger partial charge on any atom is 0.0786 e. The standard InChI is InChI=1S/C28H60N.2CNS.H3N/c1-5-9-13-17-21-25-29(26-22-18-14-10-6-2,27-23-19-15-11-7-3)28-24-20-16-12-8-4;2*2-1-3;/h5-28H2,1-4H3;;;1H3/q+1;2*-1;/p+1. The summed E-state index contributed by atoms with van der Waals surface area (Å²) in [7, 11) is 0. The fraction of sp³-hybridized carbons (Fsp3) is 0.933. The molecular weight excluding hydrogens is 480 g/mol. The number of hydrogen-bond acceptors (Lipinski definition) is 2. The second-order valence-corrected chi connectivity index (χ2v) is 10.4. The Morgan fingerprint density at radius 1 is 0.417 bits per heavy atom. The highest BCUT2D eigenvalue weighted by atomic mass is 32.1. The van der Waals surface area contributed by atoms with E-state index < -0.39 is 0 Å². The number of nitrogens with zero attached hydrogens (tertiary/aromatic N) is 3. The van der Waals surface area contributed by atoms with Crippen LogP contribution in [0, 0.1) is 0 Å². The first-order valence-corrected chi connectivity index (χ1v) is 15.8. The van der Waals surface area contributed by atoms with Gasteiger partial charge in [0.25, 0.3) is 0 Å². The zero-order valence-corrected chi connectivity index (χ0v) is 26.8.